The van der Waals surface area contributed by atoms with Crippen molar-refractivity contribution in [3.63, 3.8) is 0 Å². The molecule has 4 heteroatoms. The summed E-state index contributed by atoms with van der Waals surface area (Å²) in [6.45, 7) is 10.1. The monoisotopic (exact) mass is 292 g/mol. The summed E-state index contributed by atoms with van der Waals surface area (Å²) in [5.74, 6) is 0.529. The number of piperazine rings is 1. The molecule has 3 atom stereocenters. The van der Waals surface area contributed by atoms with Crippen LogP contribution in [-0.4, -0.2) is 61.2 Å². The number of nitrogens with zero attached hydrogens (tertiary/aromatic N) is 3. The molecule has 0 spiro atoms. The molecular formula is C17H32N4. The molecule has 1 heterocycles. The Bertz CT molecular complexity index is 364. The van der Waals surface area contributed by atoms with Crippen molar-refractivity contribution in [2.75, 3.05) is 39.8 Å². The zero-order valence-electron chi connectivity index (χ0n) is 14.1. The summed E-state index contributed by atoms with van der Waals surface area (Å²) in [6.07, 6.45) is 5.72. The lowest BCUT2D eigenvalue weighted by atomic mass is 9.85. The van der Waals surface area contributed by atoms with Crippen molar-refractivity contribution in [2.45, 2.75) is 57.5 Å². The minimum atomic E-state index is -0.244. The van der Waals surface area contributed by atoms with Gasteiger partial charge in [0.15, 0.2) is 0 Å². The van der Waals surface area contributed by atoms with Gasteiger partial charge in [0.1, 0.15) is 5.54 Å². The van der Waals surface area contributed by atoms with Crippen LogP contribution in [0.15, 0.2) is 0 Å². The van der Waals surface area contributed by atoms with Gasteiger partial charge in [-0.15, -0.1) is 0 Å². The highest BCUT2D eigenvalue weighted by atomic mass is 15.3. The number of likely N-dealkylation sites (N-methyl/N-ethyl adjacent to an activating group) is 1. The van der Waals surface area contributed by atoms with Gasteiger partial charge < -0.3 is 4.90 Å². The van der Waals surface area contributed by atoms with Crippen LogP contribution in [0.5, 0.6) is 0 Å². The molecule has 1 N–H and O–H groups in total. The van der Waals surface area contributed by atoms with Crippen molar-refractivity contribution >= 4 is 0 Å². The van der Waals surface area contributed by atoms with E-state index in [1.165, 1.54) is 38.9 Å². The number of nitriles is 1. The maximum atomic E-state index is 9.70. The van der Waals surface area contributed by atoms with E-state index in [1.807, 2.05) is 0 Å². The smallest absolute Gasteiger partial charge is 0.109 e. The van der Waals surface area contributed by atoms with E-state index >= 15 is 0 Å². The highest BCUT2D eigenvalue weighted by Crippen LogP contribution is 2.37. The third kappa shape index (κ3) is 3.97. The molecule has 1 aliphatic heterocycles. The molecular weight excluding hydrogens is 260 g/mol. The van der Waals surface area contributed by atoms with E-state index in [9.17, 15) is 5.26 Å². The summed E-state index contributed by atoms with van der Waals surface area (Å²) >= 11 is 0. The van der Waals surface area contributed by atoms with Crippen molar-refractivity contribution in [1.82, 2.24) is 15.1 Å². The summed E-state index contributed by atoms with van der Waals surface area (Å²) in [4.78, 5) is 5.03. The Morgan fingerprint density at radius 2 is 2.19 bits per heavy atom. The van der Waals surface area contributed by atoms with Crippen LogP contribution in [0.25, 0.3) is 0 Å². The minimum Gasteiger partial charge on any atom is -0.304 e. The van der Waals surface area contributed by atoms with Crippen molar-refractivity contribution in [2.24, 2.45) is 5.92 Å². The number of hydrogen-bond donors (Lipinski definition) is 1. The van der Waals surface area contributed by atoms with Crippen LogP contribution in [0.3, 0.4) is 0 Å². The molecule has 2 rings (SSSR count). The van der Waals surface area contributed by atoms with Gasteiger partial charge in [-0.3, -0.25) is 10.2 Å². The summed E-state index contributed by atoms with van der Waals surface area (Å²) in [5.41, 5.74) is -0.244. The zero-order chi connectivity index (χ0) is 15.3. The fourth-order valence-electron chi connectivity index (χ4n) is 4.07. The van der Waals surface area contributed by atoms with E-state index in [-0.39, 0.29) is 5.54 Å². The second-order valence-electron chi connectivity index (χ2n) is 7.03. The Labute approximate surface area is 130 Å². The Balaban J connectivity index is 1.88. The van der Waals surface area contributed by atoms with Gasteiger partial charge in [-0.05, 0) is 58.7 Å². The maximum absolute atomic E-state index is 9.70. The number of hydrogen-bond acceptors (Lipinski definition) is 4. The summed E-state index contributed by atoms with van der Waals surface area (Å²) in [5, 5.41) is 13.3. The fraction of sp³-hybridized carbons (Fsp3) is 0.941. The van der Waals surface area contributed by atoms with Crippen LogP contribution >= 0.6 is 0 Å². The van der Waals surface area contributed by atoms with E-state index in [2.05, 4.69) is 42.1 Å². The van der Waals surface area contributed by atoms with E-state index < -0.39 is 0 Å². The first kappa shape index (κ1) is 16.7. The lowest BCUT2D eigenvalue weighted by Crippen LogP contribution is -2.52. The molecule has 21 heavy (non-hydrogen) atoms. The maximum Gasteiger partial charge on any atom is 0.109 e. The van der Waals surface area contributed by atoms with Gasteiger partial charge in [0, 0.05) is 25.7 Å². The molecule has 2 fully saturated rings. The van der Waals surface area contributed by atoms with Gasteiger partial charge in [0.25, 0.3) is 0 Å². The second kappa shape index (κ2) is 7.58. The van der Waals surface area contributed by atoms with Crippen LogP contribution in [0.4, 0.5) is 0 Å². The Morgan fingerprint density at radius 3 is 2.86 bits per heavy atom. The summed E-state index contributed by atoms with van der Waals surface area (Å²) in [7, 11) is 2.21. The molecule has 0 bridgehead atoms. The van der Waals surface area contributed by atoms with Gasteiger partial charge in [-0.1, -0.05) is 13.3 Å². The van der Waals surface area contributed by atoms with Crippen LogP contribution in [-0.2, 0) is 0 Å². The Kier molecular flexibility index (Phi) is 6.04. The van der Waals surface area contributed by atoms with E-state index in [4.69, 9.17) is 0 Å². The Hall–Kier alpha value is -0.630. The molecule has 2 aliphatic rings. The molecule has 0 amide bonds. The topological polar surface area (TPSA) is 42.3 Å². The molecule has 1 saturated heterocycles. The van der Waals surface area contributed by atoms with Gasteiger partial charge in [-0.25, -0.2) is 0 Å². The Morgan fingerprint density at radius 1 is 1.38 bits per heavy atom. The van der Waals surface area contributed by atoms with Crippen LogP contribution in [0.2, 0.25) is 0 Å². The second-order valence-corrected chi connectivity index (χ2v) is 7.03. The first-order valence-electron chi connectivity index (χ1n) is 8.70. The van der Waals surface area contributed by atoms with Gasteiger partial charge >= 0.3 is 0 Å². The lowest BCUT2D eigenvalue weighted by Gasteiger charge is -2.39. The van der Waals surface area contributed by atoms with Crippen molar-refractivity contribution in [3.8, 4) is 6.07 Å². The first-order chi connectivity index (χ1) is 10.1. The largest absolute Gasteiger partial charge is 0.304 e. The normalized spacial score (nSPS) is 35.0. The summed E-state index contributed by atoms with van der Waals surface area (Å²) in [6, 6.07) is 3.27. The highest BCUT2D eigenvalue weighted by Gasteiger charge is 2.42. The van der Waals surface area contributed by atoms with Gasteiger partial charge in [0.05, 0.1) is 6.07 Å². The molecule has 3 unspecified atom stereocenters. The average Bonchev–Trinajstić information content (AvgIpc) is 2.88. The minimum absolute atomic E-state index is 0.244. The highest BCUT2D eigenvalue weighted by molar-refractivity contribution is 5.14. The predicted molar refractivity (Wildman–Crippen MR) is 87.1 cm³/mol. The number of rotatable bonds is 6. The standard InChI is InChI=1S/C17H32N4/c1-4-9-19-17(14-18)8-5-6-16(17)7-10-21-12-11-20(3)13-15(21)2/h15-16,19H,4-13H2,1-3H3. The zero-order valence-corrected chi connectivity index (χ0v) is 14.1. The van der Waals surface area contributed by atoms with Gasteiger partial charge in [-0.2, -0.15) is 5.26 Å². The molecule has 0 aromatic carbocycles. The van der Waals surface area contributed by atoms with Gasteiger partial charge in [0.2, 0.25) is 0 Å². The molecule has 1 aliphatic carbocycles. The third-order valence-corrected chi connectivity index (χ3v) is 5.44. The molecule has 0 aromatic heterocycles. The van der Waals surface area contributed by atoms with E-state index in [0.717, 1.165) is 25.9 Å². The lowest BCUT2D eigenvalue weighted by molar-refractivity contribution is 0.0910. The molecule has 0 aromatic rings. The van der Waals surface area contributed by atoms with E-state index in [1.54, 1.807) is 0 Å². The predicted octanol–water partition coefficient (Wildman–Crippen LogP) is 2.07. The fourth-order valence-corrected chi connectivity index (χ4v) is 4.07. The molecule has 4 nitrogen and oxygen atoms in total. The molecule has 1 saturated carbocycles. The molecule has 120 valence electrons. The van der Waals surface area contributed by atoms with Crippen molar-refractivity contribution in [1.29, 1.82) is 5.26 Å². The van der Waals surface area contributed by atoms with Crippen molar-refractivity contribution < 1.29 is 0 Å². The van der Waals surface area contributed by atoms with Crippen LogP contribution in [0, 0.1) is 17.2 Å². The number of nitrogens with one attached hydrogen (secondary N) is 1. The van der Waals surface area contributed by atoms with Crippen molar-refractivity contribution in [3.05, 3.63) is 0 Å². The van der Waals surface area contributed by atoms with Crippen LogP contribution in [0.1, 0.15) is 46.0 Å². The first-order valence-corrected chi connectivity index (χ1v) is 8.70. The average molecular weight is 292 g/mol. The van der Waals surface area contributed by atoms with E-state index in [0.29, 0.717) is 12.0 Å². The third-order valence-electron chi connectivity index (χ3n) is 5.44. The quantitative estimate of drug-likeness (QED) is 0.814. The molecule has 0 radical (unpaired) electrons. The SMILES string of the molecule is CCCNC1(C#N)CCCC1CCN1CCN(C)CC1C. The summed E-state index contributed by atoms with van der Waals surface area (Å²) < 4.78 is 0. The van der Waals surface area contributed by atoms with Crippen LogP contribution < -0.4 is 5.32 Å².